The van der Waals surface area contributed by atoms with Crippen molar-refractivity contribution in [1.29, 1.82) is 0 Å². The van der Waals surface area contributed by atoms with E-state index in [1.54, 1.807) is 0 Å². The predicted octanol–water partition coefficient (Wildman–Crippen LogP) is 4.69. The normalized spacial score (nSPS) is 12.6. The van der Waals surface area contributed by atoms with E-state index in [1.165, 1.54) is 0 Å². The fourth-order valence-corrected chi connectivity index (χ4v) is 3.06. The van der Waals surface area contributed by atoms with Crippen molar-refractivity contribution >= 4 is 21.2 Å². The van der Waals surface area contributed by atoms with Crippen molar-refractivity contribution in [3.05, 3.63) is 0 Å². The van der Waals surface area contributed by atoms with Crippen LogP contribution in [0.1, 0.15) is 53.4 Å². The van der Waals surface area contributed by atoms with Crippen LogP contribution >= 0.6 is 0 Å². The number of unbranched alkanes of at least 4 members (excludes halogenated alkanes) is 1. The lowest BCUT2D eigenvalue weighted by molar-refractivity contribution is 0.130. The van der Waals surface area contributed by atoms with Crippen LogP contribution in [0.3, 0.4) is 0 Å². The number of hydrogen-bond acceptors (Lipinski definition) is 4. The van der Waals surface area contributed by atoms with E-state index in [4.69, 9.17) is 9.16 Å². The summed E-state index contributed by atoms with van der Waals surface area (Å²) in [6.07, 6.45) is 2.60. The number of amides is 2. The van der Waals surface area contributed by atoms with Crippen molar-refractivity contribution in [2.45, 2.75) is 65.5 Å². The van der Waals surface area contributed by atoms with Gasteiger partial charge in [0.2, 0.25) is 9.04 Å². The monoisotopic (exact) mass is 316 g/mol. The molecular weight excluding hydrogens is 288 g/mol. The summed E-state index contributed by atoms with van der Waals surface area (Å²) in [4.78, 5) is 22.7. The van der Waals surface area contributed by atoms with E-state index < -0.39 is 21.2 Å². The van der Waals surface area contributed by atoms with E-state index in [-0.39, 0.29) is 0 Å². The smallest absolute Gasteiger partial charge is 0.452 e. The molecule has 0 saturated carbocycles. The maximum absolute atomic E-state index is 11.4. The van der Waals surface area contributed by atoms with E-state index in [2.05, 4.69) is 24.1 Å². The Morgan fingerprint density at radius 2 is 1.67 bits per heavy atom. The van der Waals surface area contributed by atoms with Crippen molar-refractivity contribution < 1.29 is 18.8 Å². The molecule has 21 heavy (non-hydrogen) atoms. The Hall–Kier alpha value is -1.24. The molecule has 0 N–H and O–H groups in total. The summed E-state index contributed by atoms with van der Waals surface area (Å²) in [5.74, 6) is 0.341. The maximum Gasteiger partial charge on any atom is 0.452 e. The summed E-state index contributed by atoms with van der Waals surface area (Å²) in [7, 11) is -1.52. The molecule has 0 bridgehead atoms. The number of carbonyl (C=O) groups is 2. The van der Waals surface area contributed by atoms with Gasteiger partial charge in [-0.3, -0.25) is 0 Å². The molecule has 0 aliphatic rings. The summed E-state index contributed by atoms with van der Waals surface area (Å²) in [5, 5.41) is 6.49. The van der Waals surface area contributed by atoms with Gasteiger partial charge in [0.1, 0.15) is 0 Å². The van der Waals surface area contributed by atoms with Crippen LogP contribution < -0.4 is 0 Å². The highest BCUT2D eigenvalue weighted by Crippen LogP contribution is 2.13. The zero-order valence-electron chi connectivity index (χ0n) is 13.6. The van der Waals surface area contributed by atoms with Crippen LogP contribution in [0.5, 0.6) is 0 Å². The Labute approximate surface area is 129 Å². The van der Waals surface area contributed by atoms with Crippen LogP contribution in [0.4, 0.5) is 9.59 Å². The zero-order chi connectivity index (χ0) is 16.1. The van der Waals surface area contributed by atoms with Gasteiger partial charge in [-0.05, 0) is 24.4 Å². The topological polar surface area (TPSA) is 77.3 Å². The van der Waals surface area contributed by atoms with Crippen molar-refractivity contribution in [1.82, 2.24) is 0 Å². The van der Waals surface area contributed by atoms with E-state index >= 15 is 0 Å². The Morgan fingerprint density at radius 1 is 1.05 bits per heavy atom. The molecule has 0 heterocycles. The van der Waals surface area contributed by atoms with Crippen LogP contribution in [0, 0.1) is 5.92 Å². The van der Waals surface area contributed by atoms with Gasteiger partial charge in [-0.2, -0.15) is 0 Å². The van der Waals surface area contributed by atoms with Gasteiger partial charge in [0.25, 0.3) is 0 Å². The highest BCUT2D eigenvalue weighted by molar-refractivity contribution is 6.53. The average Bonchev–Trinajstić information content (AvgIpc) is 2.50. The van der Waals surface area contributed by atoms with Gasteiger partial charge in [-0.15, -0.1) is 0 Å². The lowest BCUT2D eigenvalue weighted by Crippen LogP contribution is -2.18. The Balaban J connectivity index is 4.06. The molecule has 0 fully saturated rings. The first kappa shape index (κ1) is 19.8. The maximum atomic E-state index is 11.4. The third kappa shape index (κ3) is 10.2. The first-order valence-corrected chi connectivity index (χ1v) is 9.96. The molecular formula is C14H28N2O4Si. The van der Waals surface area contributed by atoms with Crippen molar-refractivity contribution in [2.75, 3.05) is 6.61 Å². The van der Waals surface area contributed by atoms with Crippen LogP contribution in [-0.4, -0.2) is 27.8 Å². The quantitative estimate of drug-likeness (QED) is 0.456. The number of carbonyl (C=O) groups excluding carboxylic acids is 2. The Kier molecular flexibility index (Phi) is 11.8. The minimum Gasteiger partial charge on any atom is -0.504 e. The molecule has 2 amide bonds. The van der Waals surface area contributed by atoms with E-state index in [1.807, 2.05) is 13.8 Å². The first-order chi connectivity index (χ1) is 10.1. The molecule has 0 rings (SSSR count). The second kappa shape index (κ2) is 12.5. The zero-order valence-corrected chi connectivity index (χ0v) is 14.8. The molecule has 1 unspecified atom stereocenters. The van der Waals surface area contributed by atoms with Gasteiger partial charge in [0.05, 0.1) is 6.61 Å². The van der Waals surface area contributed by atoms with Crippen LogP contribution in [0.15, 0.2) is 10.2 Å². The second-order valence-electron chi connectivity index (χ2n) is 5.02. The SMILES string of the molecule is CCCCC(CC)COC(=O)N=NC(=O)O[SiH](CC)CC. The molecule has 6 nitrogen and oxygen atoms in total. The molecule has 1 atom stereocenters. The number of ether oxygens (including phenoxy) is 1. The molecule has 0 aromatic carbocycles. The van der Waals surface area contributed by atoms with Crippen LogP contribution in [0.25, 0.3) is 0 Å². The number of rotatable bonds is 9. The van der Waals surface area contributed by atoms with Crippen LogP contribution in [-0.2, 0) is 9.16 Å². The molecule has 0 aromatic rings. The Morgan fingerprint density at radius 3 is 2.19 bits per heavy atom. The fourth-order valence-electron chi connectivity index (χ4n) is 1.82. The van der Waals surface area contributed by atoms with Gasteiger partial charge in [-0.25, -0.2) is 9.59 Å². The molecule has 0 aliphatic heterocycles. The van der Waals surface area contributed by atoms with Crippen molar-refractivity contribution in [2.24, 2.45) is 16.1 Å². The summed E-state index contributed by atoms with van der Waals surface area (Å²) in [5.41, 5.74) is 0. The number of nitrogens with zero attached hydrogens (tertiary/aromatic N) is 2. The molecule has 122 valence electrons. The summed E-state index contributed by atoms with van der Waals surface area (Å²) in [6.45, 7) is 8.46. The van der Waals surface area contributed by atoms with Gasteiger partial charge in [0, 0.05) is 0 Å². The third-order valence-electron chi connectivity index (χ3n) is 3.38. The van der Waals surface area contributed by atoms with Crippen LogP contribution in [0.2, 0.25) is 12.1 Å². The summed E-state index contributed by atoms with van der Waals surface area (Å²) in [6, 6.07) is 1.69. The van der Waals surface area contributed by atoms with Gasteiger partial charge in [-0.1, -0.05) is 57.2 Å². The molecule has 0 radical (unpaired) electrons. The third-order valence-corrected chi connectivity index (χ3v) is 5.73. The van der Waals surface area contributed by atoms with Crippen molar-refractivity contribution in [3.8, 4) is 0 Å². The van der Waals surface area contributed by atoms with E-state index in [0.29, 0.717) is 12.5 Å². The summed E-state index contributed by atoms with van der Waals surface area (Å²) < 4.78 is 10.1. The minimum atomic E-state index is -1.52. The lowest BCUT2D eigenvalue weighted by atomic mass is 10.0. The second-order valence-corrected chi connectivity index (χ2v) is 8.13. The summed E-state index contributed by atoms with van der Waals surface area (Å²) >= 11 is 0. The van der Waals surface area contributed by atoms with E-state index in [0.717, 1.165) is 37.8 Å². The molecule has 0 spiro atoms. The predicted molar refractivity (Wildman–Crippen MR) is 84.1 cm³/mol. The fraction of sp³-hybridized carbons (Fsp3) is 0.857. The molecule has 0 saturated heterocycles. The highest BCUT2D eigenvalue weighted by Gasteiger charge is 2.13. The Bertz CT molecular complexity index is 333. The van der Waals surface area contributed by atoms with Gasteiger partial charge < -0.3 is 9.16 Å². The lowest BCUT2D eigenvalue weighted by Gasteiger charge is -2.13. The largest absolute Gasteiger partial charge is 0.504 e. The highest BCUT2D eigenvalue weighted by atomic mass is 28.3. The average molecular weight is 316 g/mol. The number of azo groups is 1. The van der Waals surface area contributed by atoms with Gasteiger partial charge in [0.15, 0.2) is 0 Å². The molecule has 7 heteroatoms. The number of hydrogen-bond donors (Lipinski definition) is 0. The van der Waals surface area contributed by atoms with E-state index in [9.17, 15) is 9.59 Å². The molecule has 0 aliphatic carbocycles. The van der Waals surface area contributed by atoms with Crippen molar-refractivity contribution in [3.63, 3.8) is 0 Å². The standard InChI is InChI=1S/C14H28N2O4Si/c1-5-9-10-12(6-2)11-19-13(17)15-16-14(18)20-21(7-3)8-4/h12,21H,5-11H2,1-4H3. The minimum absolute atomic E-state index is 0.324. The molecule has 0 aromatic heterocycles. The first-order valence-electron chi connectivity index (χ1n) is 7.86. The van der Waals surface area contributed by atoms with Gasteiger partial charge >= 0.3 is 12.2 Å².